The Kier molecular flexibility index (Phi) is 3.89. The van der Waals surface area contributed by atoms with Crippen LogP contribution in [0.3, 0.4) is 0 Å². The molecule has 0 aliphatic carbocycles. The third-order valence-electron chi connectivity index (χ3n) is 2.50. The predicted octanol–water partition coefficient (Wildman–Crippen LogP) is 2.86. The highest BCUT2D eigenvalue weighted by Crippen LogP contribution is 2.18. The maximum absolute atomic E-state index is 11.6. The zero-order valence-corrected chi connectivity index (χ0v) is 12.5. The SMILES string of the molecule is CC(C)(I)C(=O)OCCc1nc2ccccc2[nH]1. The summed E-state index contributed by atoms with van der Waals surface area (Å²) in [4.78, 5) is 19.2. The number of para-hydroxylation sites is 2. The average Bonchev–Trinajstić information content (AvgIpc) is 2.70. The summed E-state index contributed by atoms with van der Waals surface area (Å²) in [6.45, 7) is 4.01. The van der Waals surface area contributed by atoms with Gasteiger partial charge in [-0.15, -0.1) is 0 Å². The molecule has 0 atom stereocenters. The van der Waals surface area contributed by atoms with Gasteiger partial charge in [-0.2, -0.15) is 0 Å². The van der Waals surface area contributed by atoms with Crippen molar-refractivity contribution >= 4 is 39.6 Å². The van der Waals surface area contributed by atoms with Gasteiger partial charge >= 0.3 is 5.97 Å². The number of imidazole rings is 1. The Balaban J connectivity index is 1.93. The van der Waals surface area contributed by atoms with Crippen LogP contribution in [0, 0.1) is 0 Å². The van der Waals surface area contributed by atoms with Gasteiger partial charge in [0.05, 0.1) is 17.6 Å². The summed E-state index contributed by atoms with van der Waals surface area (Å²) in [6, 6.07) is 7.84. The van der Waals surface area contributed by atoms with E-state index in [0.717, 1.165) is 16.9 Å². The Hall–Kier alpha value is -1.11. The van der Waals surface area contributed by atoms with Crippen LogP contribution in [-0.2, 0) is 16.0 Å². The molecule has 18 heavy (non-hydrogen) atoms. The minimum Gasteiger partial charge on any atom is -0.464 e. The van der Waals surface area contributed by atoms with Gasteiger partial charge in [0.1, 0.15) is 9.25 Å². The Morgan fingerprint density at radius 1 is 1.44 bits per heavy atom. The third-order valence-corrected chi connectivity index (χ3v) is 2.94. The zero-order valence-electron chi connectivity index (χ0n) is 10.4. The summed E-state index contributed by atoms with van der Waals surface area (Å²) in [6.07, 6.45) is 0.604. The molecule has 1 aromatic heterocycles. The standard InChI is InChI=1S/C13H15IN2O2/c1-13(2,14)12(17)18-8-7-11-15-9-5-3-4-6-10(9)16-11/h3-6H,7-8H2,1-2H3,(H,15,16). The lowest BCUT2D eigenvalue weighted by atomic mass is 10.2. The minimum atomic E-state index is -0.481. The number of carbonyl (C=O) groups excluding carboxylic acids is 1. The largest absolute Gasteiger partial charge is 0.464 e. The smallest absolute Gasteiger partial charge is 0.321 e. The number of hydrogen-bond acceptors (Lipinski definition) is 3. The van der Waals surface area contributed by atoms with Gasteiger partial charge in [0.15, 0.2) is 0 Å². The summed E-state index contributed by atoms with van der Waals surface area (Å²) < 4.78 is 4.72. The summed E-state index contributed by atoms with van der Waals surface area (Å²) in [5.74, 6) is 0.648. The first kappa shape index (κ1) is 13.3. The number of halogens is 1. The normalized spacial score (nSPS) is 11.7. The van der Waals surface area contributed by atoms with E-state index in [0.29, 0.717) is 13.0 Å². The lowest BCUT2D eigenvalue weighted by Gasteiger charge is -2.14. The topological polar surface area (TPSA) is 55.0 Å². The van der Waals surface area contributed by atoms with Gasteiger partial charge < -0.3 is 9.72 Å². The molecule has 0 amide bonds. The average molecular weight is 358 g/mol. The van der Waals surface area contributed by atoms with Crippen LogP contribution in [-0.4, -0.2) is 26.0 Å². The monoisotopic (exact) mass is 358 g/mol. The quantitative estimate of drug-likeness (QED) is 0.520. The molecule has 0 radical (unpaired) electrons. The van der Waals surface area contributed by atoms with Gasteiger partial charge in [0.25, 0.3) is 0 Å². The van der Waals surface area contributed by atoms with Crippen LogP contribution in [0.4, 0.5) is 0 Å². The van der Waals surface area contributed by atoms with Crippen molar-refractivity contribution in [2.75, 3.05) is 6.61 Å². The minimum absolute atomic E-state index is 0.195. The number of rotatable bonds is 4. The number of carbonyl (C=O) groups is 1. The van der Waals surface area contributed by atoms with Crippen LogP contribution in [0.2, 0.25) is 0 Å². The molecule has 0 fully saturated rings. The highest BCUT2D eigenvalue weighted by atomic mass is 127. The van der Waals surface area contributed by atoms with Gasteiger partial charge in [-0.25, -0.2) is 4.98 Å². The molecule has 5 heteroatoms. The maximum atomic E-state index is 11.6. The molecule has 96 valence electrons. The van der Waals surface area contributed by atoms with Gasteiger partial charge in [-0.3, -0.25) is 4.79 Å². The van der Waals surface area contributed by atoms with E-state index >= 15 is 0 Å². The van der Waals surface area contributed by atoms with Crippen molar-refractivity contribution in [1.29, 1.82) is 0 Å². The molecule has 0 unspecified atom stereocenters. The number of benzene rings is 1. The molecule has 0 spiro atoms. The number of nitrogens with one attached hydrogen (secondary N) is 1. The molecule has 0 saturated carbocycles. The number of esters is 1. The Morgan fingerprint density at radius 3 is 2.83 bits per heavy atom. The first-order valence-electron chi connectivity index (χ1n) is 5.76. The van der Waals surface area contributed by atoms with E-state index < -0.39 is 3.42 Å². The van der Waals surface area contributed by atoms with Crippen molar-refractivity contribution in [3.63, 3.8) is 0 Å². The van der Waals surface area contributed by atoms with Crippen LogP contribution in [0.5, 0.6) is 0 Å². The number of ether oxygens (including phenoxy) is 1. The van der Waals surface area contributed by atoms with E-state index in [2.05, 4.69) is 32.6 Å². The summed E-state index contributed by atoms with van der Waals surface area (Å²) in [5, 5.41) is 0. The molecule has 2 rings (SSSR count). The number of hydrogen-bond donors (Lipinski definition) is 1. The van der Waals surface area contributed by atoms with Gasteiger partial charge in [-0.05, 0) is 26.0 Å². The summed E-state index contributed by atoms with van der Waals surface area (Å²) >= 11 is 2.07. The molecular formula is C13H15IN2O2. The third kappa shape index (κ3) is 3.22. The summed E-state index contributed by atoms with van der Waals surface area (Å²) in [5.41, 5.74) is 1.95. The molecule has 1 aromatic carbocycles. The van der Waals surface area contributed by atoms with Crippen molar-refractivity contribution < 1.29 is 9.53 Å². The number of alkyl halides is 1. The molecule has 1 heterocycles. The van der Waals surface area contributed by atoms with E-state index in [9.17, 15) is 4.79 Å². The van der Waals surface area contributed by atoms with Gasteiger partial charge in [0, 0.05) is 6.42 Å². The number of aromatic amines is 1. The number of nitrogens with zero attached hydrogens (tertiary/aromatic N) is 1. The second-order valence-corrected chi connectivity index (χ2v) is 7.26. The lowest BCUT2D eigenvalue weighted by molar-refractivity contribution is -0.144. The molecular weight excluding hydrogens is 343 g/mol. The highest BCUT2D eigenvalue weighted by molar-refractivity contribution is 14.1. The number of H-pyrrole nitrogens is 1. The first-order chi connectivity index (χ1) is 8.47. The van der Waals surface area contributed by atoms with Crippen molar-refractivity contribution in [2.45, 2.75) is 23.7 Å². The van der Waals surface area contributed by atoms with Gasteiger partial charge in [-0.1, -0.05) is 34.7 Å². The van der Waals surface area contributed by atoms with Crippen molar-refractivity contribution in [2.24, 2.45) is 0 Å². The molecule has 0 saturated heterocycles. The molecule has 0 aliphatic rings. The van der Waals surface area contributed by atoms with Crippen molar-refractivity contribution in [1.82, 2.24) is 9.97 Å². The van der Waals surface area contributed by atoms with Crippen LogP contribution < -0.4 is 0 Å². The molecule has 2 aromatic rings. The Morgan fingerprint density at radius 2 is 2.17 bits per heavy atom. The van der Waals surface area contributed by atoms with Crippen LogP contribution in [0.25, 0.3) is 11.0 Å². The molecule has 4 nitrogen and oxygen atoms in total. The Labute approximate surface area is 119 Å². The highest BCUT2D eigenvalue weighted by Gasteiger charge is 2.25. The second-order valence-electron chi connectivity index (χ2n) is 4.56. The predicted molar refractivity (Wildman–Crippen MR) is 78.9 cm³/mol. The van der Waals surface area contributed by atoms with E-state index in [1.54, 1.807) is 0 Å². The zero-order chi connectivity index (χ0) is 13.2. The van der Waals surface area contributed by atoms with Crippen LogP contribution in [0.1, 0.15) is 19.7 Å². The summed E-state index contributed by atoms with van der Waals surface area (Å²) in [7, 11) is 0. The second kappa shape index (κ2) is 5.26. The molecule has 1 N–H and O–H groups in total. The van der Waals surface area contributed by atoms with E-state index in [4.69, 9.17) is 4.74 Å². The van der Waals surface area contributed by atoms with Gasteiger partial charge in [0.2, 0.25) is 0 Å². The van der Waals surface area contributed by atoms with E-state index in [1.807, 2.05) is 38.1 Å². The maximum Gasteiger partial charge on any atom is 0.321 e. The van der Waals surface area contributed by atoms with Crippen LogP contribution >= 0.6 is 22.6 Å². The molecule has 0 bridgehead atoms. The van der Waals surface area contributed by atoms with Crippen molar-refractivity contribution in [3.05, 3.63) is 30.1 Å². The lowest BCUT2D eigenvalue weighted by Crippen LogP contribution is -2.27. The first-order valence-corrected chi connectivity index (χ1v) is 6.84. The number of aromatic nitrogens is 2. The molecule has 0 aliphatic heterocycles. The Bertz CT molecular complexity index is 524. The van der Waals surface area contributed by atoms with Crippen LogP contribution in [0.15, 0.2) is 24.3 Å². The van der Waals surface area contributed by atoms with Crippen molar-refractivity contribution in [3.8, 4) is 0 Å². The fraction of sp³-hybridized carbons (Fsp3) is 0.385. The van der Waals surface area contributed by atoms with E-state index in [-0.39, 0.29) is 5.97 Å². The van der Waals surface area contributed by atoms with E-state index in [1.165, 1.54) is 0 Å². The fourth-order valence-electron chi connectivity index (χ4n) is 1.54. The number of fused-ring (bicyclic) bond motifs is 1. The fourth-order valence-corrected chi connectivity index (χ4v) is 1.69.